The van der Waals surface area contributed by atoms with E-state index in [1.807, 2.05) is 49.4 Å². The van der Waals surface area contributed by atoms with Gasteiger partial charge in [0.2, 0.25) is 0 Å². The maximum absolute atomic E-state index is 8.81. The summed E-state index contributed by atoms with van der Waals surface area (Å²) < 4.78 is 1.01. The number of rotatable bonds is 5. The van der Waals surface area contributed by atoms with Crippen molar-refractivity contribution in [1.29, 1.82) is 0 Å². The van der Waals surface area contributed by atoms with Gasteiger partial charge in [-0.2, -0.15) is 0 Å². The molecular formula is C16H18BrN3O. The fourth-order valence-electron chi connectivity index (χ4n) is 2.21. The highest BCUT2D eigenvalue weighted by molar-refractivity contribution is 9.10. The van der Waals surface area contributed by atoms with Gasteiger partial charge >= 0.3 is 0 Å². The van der Waals surface area contributed by atoms with E-state index in [1.54, 1.807) is 0 Å². The Kier molecular flexibility index (Phi) is 5.22. The number of oxime groups is 1. The van der Waals surface area contributed by atoms with E-state index in [0.717, 1.165) is 21.3 Å². The first kappa shape index (κ1) is 15.4. The molecule has 0 bridgehead atoms. The summed E-state index contributed by atoms with van der Waals surface area (Å²) in [5, 5.41) is 15.3. The Hall–Kier alpha value is -2.01. The van der Waals surface area contributed by atoms with Crippen LogP contribution in [0.3, 0.4) is 0 Å². The number of nitrogens with one attached hydrogen (secondary N) is 1. The largest absolute Gasteiger partial charge is 0.409 e. The van der Waals surface area contributed by atoms with Gasteiger partial charge in [-0.3, -0.25) is 0 Å². The lowest BCUT2D eigenvalue weighted by Gasteiger charge is -2.20. The molecule has 0 saturated carbocycles. The van der Waals surface area contributed by atoms with Gasteiger partial charge in [-0.15, -0.1) is 0 Å². The number of hydrogen-bond acceptors (Lipinski definition) is 3. The number of benzene rings is 2. The van der Waals surface area contributed by atoms with E-state index in [1.165, 1.54) is 0 Å². The molecule has 0 aliphatic heterocycles. The first-order chi connectivity index (χ1) is 10.1. The average Bonchev–Trinajstić information content (AvgIpc) is 2.46. The minimum absolute atomic E-state index is 0.0594. The molecule has 0 aliphatic rings. The molecule has 1 unspecified atom stereocenters. The zero-order valence-electron chi connectivity index (χ0n) is 11.8. The molecule has 0 aliphatic carbocycles. The minimum atomic E-state index is -0.0594. The molecule has 0 aromatic heterocycles. The average molecular weight is 348 g/mol. The van der Waals surface area contributed by atoms with Crippen molar-refractivity contribution in [3.05, 3.63) is 64.1 Å². The third-order valence-corrected chi connectivity index (χ3v) is 3.58. The van der Waals surface area contributed by atoms with E-state index in [-0.39, 0.29) is 11.9 Å². The summed E-state index contributed by atoms with van der Waals surface area (Å²) in [6, 6.07) is 16.0. The third kappa shape index (κ3) is 4.49. The Labute approximate surface area is 132 Å². The van der Waals surface area contributed by atoms with Crippen molar-refractivity contribution < 1.29 is 5.21 Å². The molecule has 4 N–H and O–H groups in total. The number of halogens is 1. The van der Waals surface area contributed by atoms with Gasteiger partial charge in [-0.05, 0) is 36.2 Å². The summed E-state index contributed by atoms with van der Waals surface area (Å²) in [5.74, 6) is 0.197. The number of amidine groups is 1. The van der Waals surface area contributed by atoms with Crippen molar-refractivity contribution in [2.45, 2.75) is 19.4 Å². The molecule has 0 saturated heterocycles. The lowest BCUT2D eigenvalue weighted by molar-refractivity contribution is 0.316. The van der Waals surface area contributed by atoms with Crippen LogP contribution in [0.1, 0.15) is 23.6 Å². The molecule has 2 aromatic carbocycles. The highest BCUT2D eigenvalue weighted by atomic mass is 79.9. The minimum Gasteiger partial charge on any atom is -0.409 e. The van der Waals surface area contributed by atoms with Crippen LogP contribution < -0.4 is 11.1 Å². The molecule has 0 radical (unpaired) electrons. The van der Waals surface area contributed by atoms with Gasteiger partial charge in [-0.25, -0.2) is 0 Å². The summed E-state index contributed by atoms with van der Waals surface area (Å²) >= 11 is 3.50. The Morgan fingerprint density at radius 1 is 1.29 bits per heavy atom. The van der Waals surface area contributed by atoms with Crippen LogP contribution in [0.4, 0.5) is 5.69 Å². The van der Waals surface area contributed by atoms with Crippen LogP contribution in [0, 0.1) is 6.92 Å². The van der Waals surface area contributed by atoms with Gasteiger partial charge in [0, 0.05) is 16.6 Å². The number of nitrogens with zero attached hydrogens (tertiary/aromatic N) is 1. The van der Waals surface area contributed by atoms with Crippen LogP contribution in [0.2, 0.25) is 0 Å². The van der Waals surface area contributed by atoms with E-state index in [2.05, 4.69) is 32.5 Å². The van der Waals surface area contributed by atoms with Crippen molar-refractivity contribution in [2.24, 2.45) is 10.9 Å². The highest BCUT2D eigenvalue weighted by Gasteiger charge is 2.14. The normalized spacial score (nSPS) is 13.0. The second-order valence-electron chi connectivity index (χ2n) is 4.92. The third-order valence-electron chi connectivity index (χ3n) is 3.13. The Balaban J connectivity index is 2.27. The molecule has 0 fully saturated rings. The zero-order valence-corrected chi connectivity index (χ0v) is 13.3. The second kappa shape index (κ2) is 7.13. The highest BCUT2D eigenvalue weighted by Crippen LogP contribution is 2.26. The number of hydrogen-bond donors (Lipinski definition) is 3. The van der Waals surface area contributed by atoms with Gasteiger partial charge in [0.05, 0.1) is 6.04 Å². The molecule has 4 nitrogen and oxygen atoms in total. The standard InChI is InChI=1S/C16H18BrN3O/c1-11-7-13(17)9-14(8-11)19-15(10-16(18)20-21)12-5-3-2-4-6-12/h2-9,15,19,21H,10H2,1H3,(H2,18,20). The summed E-state index contributed by atoms with van der Waals surface area (Å²) in [6.07, 6.45) is 0.423. The lowest BCUT2D eigenvalue weighted by atomic mass is 10.0. The number of nitrogens with two attached hydrogens (primary N) is 1. The lowest BCUT2D eigenvalue weighted by Crippen LogP contribution is -2.21. The fraction of sp³-hybridized carbons (Fsp3) is 0.188. The molecule has 0 heterocycles. The van der Waals surface area contributed by atoms with Gasteiger partial charge in [-0.1, -0.05) is 51.4 Å². The predicted molar refractivity (Wildman–Crippen MR) is 89.7 cm³/mol. The molecule has 110 valence electrons. The first-order valence-corrected chi connectivity index (χ1v) is 7.43. The van der Waals surface area contributed by atoms with Crippen LogP contribution in [0.25, 0.3) is 0 Å². The Morgan fingerprint density at radius 3 is 2.62 bits per heavy atom. The quantitative estimate of drug-likeness (QED) is 0.330. The first-order valence-electron chi connectivity index (χ1n) is 6.63. The van der Waals surface area contributed by atoms with Crippen LogP contribution in [0.5, 0.6) is 0 Å². The topological polar surface area (TPSA) is 70.6 Å². The van der Waals surface area contributed by atoms with E-state index in [9.17, 15) is 0 Å². The van der Waals surface area contributed by atoms with E-state index in [4.69, 9.17) is 10.9 Å². The van der Waals surface area contributed by atoms with E-state index >= 15 is 0 Å². The van der Waals surface area contributed by atoms with Crippen molar-refractivity contribution >= 4 is 27.5 Å². The molecule has 0 amide bonds. The van der Waals surface area contributed by atoms with Crippen molar-refractivity contribution in [3.8, 4) is 0 Å². The number of aryl methyl sites for hydroxylation is 1. The number of anilines is 1. The van der Waals surface area contributed by atoms with Crippen LogP contribution in [-0.2, 0) is 0 Å². The Bertz CT molecular complexity index is 608. The monoisotopic (exact) mass is 347 g/mol. The van der Waals surface area contributed by atoms with E-state index < -0.39 is 0 Å². The van der Waals surface area contributed by atoms with Gasteiger partial charge in [0.25, 0.3) is 0 Å². The molecule has 5 heteroatoms. The molecular weight excluding hydrogens is 330 g/mol. The molecule has 2 aromatic rings. The van der Waals surface area contributed by atoms with Crippen LogP contribution in [0.15, 0.2) is 58.2 Å². The van der Waals surface area contributed by atoms with Crippen LogP contribution in [-0.4, -0.2) is 11.0 Å². The molecule has 0 spiro atoms. The summed E-state index contributed by atoms with van der Waals surface area (Å²) in [6.45, 7) is 2.04. The summed E-state index contributed by atoms with van der Waals surface area (Å²) in [5.41, 5.74) is 8.90. The zero-order chi connectivity index (χ0) is 15.2. The van der Waals surface area contributed by atoms with Crippen molar-refractivity contribution in [3.63, 3.8) is 0 Å². The van der Waals surface area contributed by atoms with Gasteiger partial charge in [0.15, 0.2) is 0 Å². The molecule has 21 heavy (non-hydrogen) atoms. The van der Waals surface area contributed by atoms with Crippen molar-refractivity contribution in [1.82, 2.24) is 0 Å². The second-order valence-corrected chi connectivity index (χ2v) is 5.84. The summed E-state index contributed by atoms with van der Waals surface area (Å²) in [7, 11) is 0. The van der Waals surface area contributed by atoms with Crippen molar-refractivity contribution in [2.75, 3.05) is 5.32 Å². The molecule has 2 rings (SSSR count). The molecule has 1 atom stereocenters. The van der Waals surface area contributed by atoms with Gasteiger partial charge < -0.3 is 16.3 Å². The predicted octanol–water partition coefficient (Wildman–Crippen LogP) is 4.05. The SMILES string of the molecule is Cc1cc(Br)cc(NC(C/C(N)=N/O)c2ccccc2)c1. The van der Waals surface area contributed by atoms with Gasteiger partial charge in [0.1, 0.15) is 5.84 Å². The van der Waals surface area contributed by atoms with Crippen LogP contribution >= 0.6 is 15.9 Å². The maximum Gasteiger partial charge on any atom is 0.141 e. The Morgan fingerprint density at radius 2 is 2.00 bits per heavy atom. The van der Waals surface area contributed by atoms with E-state index in [0.29, 0.717) is 6.42 Å². The summed E-state index contributed by atoms with van der Waals surface area (Å²) in [4.78, 5) is 0. The smallest absolute Gasteiger partial charge is 0.141 e. The maximum atomic E-state index is 8.81. The fourth-order valence-corrected chi connectivity index (χ4v) is 2.82.